The van der Waals surface area contributed by atoms with Gasteiger partial charge in [-0.05, 0) is 18.6 Å². The van der Waals surface area contributed by atoms with E-state index in [4.69, 9.17) is 0 Å². The lowest BCUT2D eigenvalue weighted by Gasteiger charge is -2.18. The predicted octanol–water partition coefficient (Wildman–Crippen LogP) is 1.35. The van der Waals surface area contributed by atoms with Crippen molar-refractivity contribution in [2.45, 2.75) is 20.3 Å². The zero-order valence-corrected chi connectivity index (χ0v) is 10.2. The van der Waals surface area contributed by atoms with E-state index in [0.29, 0.717) is 13.0 Å². The number of carbonyl (C=O) groups excluding carboxylic acids is 1. The van der Waals surface area contributed by atoms with Crippen LogP contribution in [0.4, 0.5) is 5.82 Å². The van der Waals surface area contributed by atoms with Gasteiger partial charge in [-0.25, -0.2) is 4.98 Å². The van der Waals surface area contributed by atoms with E-state index >= 15 is 0 Å². The molecule has 1 N–H and O–H groups in total. The second kappa shape index (κ2) is 6.10. The van der Waals surface area contributed by atoms with Crippen LogP contribution < -0.4 is 10.2 Å². The molecule has 1 amide bonds. The van der Waals surface area contributed by atoms with Crippen molar-refractivity contribution in [3.8, 4) is 0 Å². The average molecular weight is 221 g/mol. The second-order valence-corrected chi connectivity index (χ2v) is 3.82. The normalized spacial score (nSPS) is 9.94. The van der Waals surface area contributed by atoms with E-state index in [1.54, 1.807) is 0 Å². The molecule has 0 aliphatic carbocycles. The molecule has 4 nitrogen and oxygen atoms in total. The first-order valence-electron chi connectivity index (χ1n) is 5.54. The zero-order chi connectivity index (χ0) is 12.0. The van der Waals surface area contributed by atoms with Crippen molar-refractivity contribution >= 4 is 11.7 Å². The molecule has 1 aromatic rings. The van der Waals surface area contributed by atoms with E-state index in [1.807, 2.05) is 44.1 Å². The molecule has 16 heavy (non-hydrogen) atoms. The number of hydrogen-bond donors (Lipinski definition) is 1. The summed E-state index contributed by atoms with van der Waals surface area (Å²) in [6, 6.07) is 4.01. The monoisotopic (exact) mass is 221 g/mol. The van der Waals surface area contributed by atoms with E-state index in [1.165, 1.54) is 0 Å². The molecular formula is C12H19N3O. The minimum atomic E-state index is 0.0882. The number of hydrogen-bond acceptors (Lipinski definition) is 3. The maximum Gasteiger partial charge on any atom is 0.219 e. The van der Waals surface area contributed by atoms with Crippen LogP contribution in [0.2, 0.25) is 0 Å². The van der Waals surface area contributed by atoms with E-state index in [2.05, 4.69) is 10.3 Å². The minimum Gasteiger partial charge on any atom is -0.358 e. The molecule has 0 aromatic carbocycles. The van der Waals surface area contributed by atoms with Crippen molar-refractivity contribution in [2.24, 2.45) is 0 Å². The van der Waals surface area contributed by atoms with Gasteiger partial charge in [-0.1, -0.05) is 13.0 Å². The Hall–Kier alpha value is -1.58. The zero-order valence-electron chi connectivity index (χ0n) is 10.2. The molecule has 0 atom stereocenters. The Morgan fingerprint density at radius 1 is 1.50 bits per heavy atom. The van der Waals surface area contributed by atoms with E-state index in [-0.39, 0.29) is 5.91 Å². The predicted molar refractivity (Wildman–Crippen MR) is 65.5 cm³/mol. The fourth-order valence-corrected chi connectivity index (χ4v) is 1.29. The number of likely N-dealkylation sites (N-methyl/N-ethyl adjacent to an activating group) is 1. The average Bonchev–Trinajstić information content (AvgIpc) is 2.29. The molecule has 0 aliphatic heterocycles. The van der Waals surface area contributed by atoms with Gasteiger partial charge >= 0.3 is 0 Å². The minimum absolute atomic E-state index is 0.0882. The molecule has 0 saturated heterocycles. The first-order valence-corrected chi connectivity index (χ1v) is 5.54. The summed E-state index contributed by atoms with van der Waals surface area (Å²) in [7, 11) is 1.97. The molecule has 0 unspecified atom stereocenters. The third kappa shape index (κ3) is 3.88. The standard InChI is InChI=1S/C12H19N3O/c1-4-12(16)13-7-8-15(3)11-6-5-10(2)9-14-11/h5-6,9H,4,7-8H2,1-3H3,(H,13,16). The quantitative estimate of drug-likeness (QED) is 0.816. The first kappa shape index (κ1) is 12.5. The first-order chi connectivity index (χ1) is 7.63. The van der Waals surface area contributed by atoms with Crippen LogP contribution in [0.1, 0.15) is 18.9 Å². The lowest BCUT2D eigenvalue weighted by molar-refractivity contribution is -0.120. The fourth-order valence-electron chi connectivity index (χ4n) is 1.29. The maximum absolute atomic E-state index is 11.0. The number of aromatic nitrogens is 1. The molecule has 4 heteroatoms. The topological polar surface area (TPSA) is 45.2 Å². The summed E-state index contributed by atoms with van der Waals surface area (Å²) >= 11 is 0. The highest BCUT2D eigenvalue weighted by molar-refractivity contribution is 5.75. The van der Waals surface area contributed by atoms with Crippen LogP contribution in [-0.2, 0) is 4.79 Å². The summed E-state index contributed by atoms with van der Waals surface area (Å²) in [4.78, 5) is 17.4. The molecule has 0 radical (unpaired) electrons. The van der Waals surface area contributed by atoms with Crippen LogP contribution in [0.15, 0.2) is 18.3 Å². The van der Waals surface area contributed by atoms with Gasteiger partial charge in [-0.15, -0.1) is 0 Å². The lowest BCUT2D eigenvalue weighted by atomic mass is 10.3. The van der Waals surface area contributed by atoms with Crippen molar-refractivity contribution in [2.75, 3.05) is 25.0 Å². The molecule has 0 aliphatic rings. The summed E-state index contributed by atoms with van der Waals surface area (Å²) < 4.78 is 0. The molecule has 0 bridgehead atoms. The molecular weight excluding hydrogens is 202 g/mol. The molecule has 0 fully saturated rings. The largest absolute Gasteiger partial charge is 0.358 e. The van der Waals surface area contributed by atoms with Crippen molar-refractivity contribution in [1.82, 2.24) is 10.3 Å². The molecule has 0 spiro atoms. The Morgan fingerprint density at radius 3 is 2.81 bits per heavy atom. The number of pyridine rings is 1. The van der Waals surface area contributed by atoms with Gasteiger partial charge in [0, 0.05) is 32.8 Å². The van der Waals surface area contributed by atoms with E-state index in [9.17, 15) is 4.79 Å². The molecule has 0 saturated carbocycles. The number of nitrogens with one attached hydrogen (secondary N) is 1. The Bertz CT molecular complexity index is 335. The number of anilines is 1. The van der Waals surface area contributed by atoms with Gasteiger partial charge in [0.2, 0.25) is 5.91 Å². The Labute approximate surface area is 96.7 Å². The molecule has 88 valence electrons. The Kier molecular flexibility index (Phi) is 4.76. The van der Waals surface area contributed by atoms with E-state index < -0.39 is 0 Å². The van der Waals surface area contributed by atoms with Gasteiger partial charge in [-0.2, -0.15) is 0 Å². The van der Waals surface area contributed by atoms with Crippen LogP contribution >= 0.6 is 0 Å². The van der Waals surface area contributed by atoms with E-state index in [0.717, 1.165) is 17.9 Å². The highest BCUT2D eigenvalue weighted by atomic mass is 16.1. The number of aryl methyl sites for hydroxylation is 1. The Balaban J connectivity index is 2.37. The van der Waals surface area contributed by atoms with Crippen molar-refractivity contribution in [3.63, 3.8) is 0 Å². The van der Waals surface area contributed by atoms with Crippen molar-refractivity contribution < 1.29 is 4.79 Å². The third-order valence-electron chi connectivity index (χ3n) is 2.38. The fraction of sp³-hybridized carbons (Fsp3) is 0.500. The lowest BCUT2D eigenvalue weighted by Crippen LogP contribution is -2.32. The highest BCUT2D eigenvalue weighted by Crippen LogP contribution is 2.07. The third-order valence-corrected chi connectivity index (χ3v) is 2.38. The summed E-state index contributed by atoms with van der Waals surface area (Å²) in [6.45, 7) is 5.28. The van der Waals surface area contributed by atoms with Crippen molar-refractivity contribution in [3.05, 3.63) is 23.9 Å². The Morgan fingerprint density at radius 2 is 2.25 bits per heavy atom. The van der Waals surface area contributed by atoms with Crippen LogP contribution in [0.5, 0.6) is 0 Å². The number of amides is 1. The second-order valence-electron chi connectivity index (χ2n) is 3.82. The molecule has 1 rings (SSSR count). The van der Waals surface area contributed by atoms with Gasteiger partial charge in [0.1, 0.15) is 5.82 Å². The smallest absolute Gasteiger partial charge is 0.219 e. The SMILES string of the molecule is CCC(=O)NCCN(C)c1ccc(C)cn1. The van der Waals surface area contributed by atoms with Gasteiger partial charge < -0.3 is 10.2 Å². The molecule has 1 aromatic heterocycles. The van der Waals surface area contributed by atoms with Crippen LogP contribution in [0.25, 0.3) is 0 Å². The number of carbonyl (C=O) groups is 1. The highest BCUT2D eigenvalue weighted by Gasteiger charge is 2.02. The summed E-state index contributed by atoms with van der Waals surface area (Å²) in [5.74, 6) is 1.02. The van der Waals surface area contributed by atoms with Crippen molar-refractivity contribution in [1.29, 1.82) is 0 Å². The summed E-state index contributed by atoms with van der Waals surface area (Å²) in [5.41, 5.74) is 1.15. The summed E-state index contributed by atoms with van der Waals surface area (Å²) in [6.07, 6.45) is 2.38. The van der Waals surface area contributed by atoms with Gasteiger partial charge in [0.05, 0.1) is 0 Å². The van der Waals surface area contributed by atoms with Gasteiger partial charge in [-0.3, -0.25) is 4.79 Å². The molecule has 1 heterocycles. The van der Waals surface area contributed by atoms with Crippen LogP contribution in [0, 0.1) is 6.92 Å². The van der Waals surface area contributed by atoms with Crippen LogP contribution in [-0.4, -0.2) is 31.0 Å². The van der Waals surface area contributed by atoms with Gasteiger partial charge in [0.25, 0.3) is 0 Å². The van der Waals surface area contributed by atoms with Crippen LogP contribution in [0.3, 0.4) is 0 Å². The maximum atomic E-state index is 11.0. The summed E-state index contributed by atoms with van der Waals surface area (Å²) in [5, 5.41) is 2.84. The number of nitrogens with zero attached hydrogens (tertiary/aromatic N) is 2. The van der Waals surface area contributed by atoms with Gasteiger partial charge in [0.15, 0.2) is 0 Å². The number of rotatable bonds is 5.